The maximum atomic E-state index is 14.1. The minimum Gasteiger partial charge on any atom is -0.383 e. The van der Waals surface area contributed by atoms with Crippen LogP contribution >= 0.6 is 32.5 Å². The molecule has 0 bridgehead atoms. The number of rotatable bonds is 20. The molecular formula is C41H53N18O16P3S3. The molecule has 12 N–H and O–H groups in total. The highest BCUT2D eigenvalue weighted by molar-refractivity contribution is 8.44. The monoisotopic (exact) mass is 1240 g/mol. The molecule has 40 heteroatoms. The average molecular weight is 1240 g/mol. The Balaban J connectivity index is 0.784. The molecule has 4 saturated heterocycles. The fraction of sp³-hybridized carbons (Fsp3) is 0.537. The Morgan fingerprint density at radius 3 is 1.74 bits per heavy atom. The lowest BCUT2D eigenvalue weighted by Crippen LogP contribution is -2.31. The van der Waals surface area contributed by atoms with Gasteiger partial charge >= 0.3 is 25.9 Å². The second-order valence-electron chi connectivity index (χ2n) is 19.1. The van der Waals surface area contributed by atoms with Gasteiger partial charge in [0, 0.05) is 31.0 Å². The van der Waals surface area contributed by atoms with Crippen LogP contribution in [-0.2, 0) is 74.3 Å². The van der Waals surface area contributed by atoms with Crippen LogP contribution < -0.4 is 39.7 Å². The van der Waals surface area contributed by atoms with E-state index in [2.05, 4.69) is 62.1 Å². The molecule has 4 aliphatic rings. The van der Waals surface area contributed by atoms with Gasteiger partial charge in [0.1, 0.15) is 54.8 Å². The SMILES string of the molecule is CC[C@H]1O[C@@H](n2cc(C)c(N)nc2=O)C[C@H]1OP(=O)(S)OC[C@H]1O[C@@H](n2cnc3c(N)ncnc32)C[C@H]1OP(O)(=S)OC[C@H]1O[C@@H](n2cnc3c(=O)[nH]c(N)nc32)C[C@H]1OP(O)(=S)OC[C@@H]1CC[C@H](n2cnc3c(=O)[nH]c(N)nc32)O1. The van der Waals surface area contributed by atoms with Gasteiger partial charge < -0.3 is 69.8 Å². The van der Waals surface area contributed by atoms with Crippen LogP contribution in [0.5, 0.6) is 0 Å². The Morgan fingerprint density at radius 1 is 0.642 bits per heavy atom. The van der Waals surface area contributed by atoms with Gasteiger partial charge in [0.25, 0.3) is 11.1 Å². The summed E-state index contributed by atoms with van der Waals surface area (Å²) in [7, 11) is 0. The van der Waals surface area contributed by atoms with Crippen LogP contribution in [0.3, 0.4) is 0 Å². The predicted molar refractivity (Wildman–Crippen MR) is 294 cm³/mol. The number of nitrogen functional groups attached to an aromatic ring is 4. The molecule has 3 unspecified atom stereocenters. The van der Waals surface area contributed by atoms with Crippen molar-refractivity contribution in [3.8, 4) is 0 Å². The van der Waals surface area contributed by atoms with Crippen molar-refractivity contribution in [2.24, 2.45) is 0 Å². The molecule has 0 amide bonds. The van der Waals surface area contributed by atoms with Crippen molar-refractivity contribution in [1.29, 1.82) is 0 Å². The Labute approximate surface area is 470 Å². The van der Waals surface area contributed by atoms with Gasteiger partial charge in [-0.15, -0.1) is 0 Å². The van der Waals surface area contributed by atoms with Crippen LogP contribution in [0.2, 0.25) is 0 Å². The van der Waals surface area contributed by atoms with E-state index in [1.165, 1.54) is 40.6 Å². The van der Waals surface area contributed by atoms with Crippen LogP contribution in [-0.4, -0.2) is 140 Å². The number of thiol groups is 1. The molecule has 0 aliphatic carbocycles. The minimum atomic E-state index is -4.37. The van der Waals surface area contributed by atoms with Crippen molar-refractivity contribution >= 4 is 113 Å². The van der Waals surface area contributed by atoms with Gasteiger partial charge in [0.15, 0.2) is 33.8 Å². The maximum Gasteiger partial charge on any atom is 0.386 e. The number of aryl methyl sites for hydroxylation is 1. The third-order valence-electron chi connectivity index (χ3n) is 13.8. The van der Waals surface area contributed by atoms with E-state index < -0.39 is 118 Å². The summed E-state index contributed by atoms with van der Waals surface area (Å²) in [6, 6.07) is 0. The zero-order valence-corrected chi connectivity index (χ0v) is 47.7. The fourth-order valence-electron chi connectivity index (χ4n) is 9.91. The number of imidazole rings is 3. The zero-order chi connectivity index (χ0) is 57.3. The highest BCUT2D eigenvalue weighted by Gasteiger charge is 2.47. The standard InChI is InChI=1S/C41H53N18O16P3S3/c1-3-19-20(6-26(70-19)56-9-17(2)32(42)51-41(56)62)73-77(64,80)67-11-23-21(7-27(71-23)58-14-48-29-33(43)46-13-47-34(29)58)75-78(65,81)68-12-24-22(8-28(72-24)59-16-50-31-36(59)53-40(45)55-38(31)61)74-76(63,79)66-10-18-4-5-25(69-18)57-15-49-30-35(57)52-39(44)54-37(30)60/h9,13-16,18-28H,3-8,10-12H2,1-2H3,(H,63,79)(H,64,80)(H,65,81)(H2,42,51,62)(H2,43,46,47)(H3,44,52,54,60)(H3,45,53,55,61)/t18-,19+,20+,21+,22+,23+,24+,25+,26+,27+,28+,76?,77?,78?/m0/s1. The van der Waals surface area contributed by atoms with Gasteiger partial charge in [-0.05, 0) is 49.8 Å². The third kappa shape index (κ3) is 12.2. The summed E-state index contributed by atoms with van der Waals surface area (Å²) in [5.74, 6) is -0.111. The van der Waals surface area contributed by atoms with E-state index in [-0.39, 0.29) is 77.2 Å². The predicted octanol–water partition coefficient (Wildman–Crippen LogP) is 1.61. The van der Waals surface area contributed by atoms with Crippen molar-refractivity contribution < 1.29 is 60.4 Å². The van der Waals surface area contributed by atoms with Crippen LogP contribution in [0.15, 0.2) is 45.9 Å². The molecule has 0 saturated carbocycles. The molecule has 81 heavy (non-hydrogen) atoms. The van der Waals surface area contributed by atoms with Crippen molar-refractivity contribution in [2.75, 3.05) is 42.8 Å². The smallest absolute Gasteiger partial charge is 0.383 e. The lowest BCUT2D eigenvalue weighted by Gasteiger charge is -2.27. The van der Waals surface area contributed by atoms with Crippen molar-refractivity contribution in [1.82, 2.24) is 68.1 Å². The number of H-pyrrole nitrogens is 2. The molecule has 11 rings (SSSR count). The summed E-state index contributed by atoms with van der Waals surface area (Å²) < 4.78 is 80.9. The number of hydrogen-bond acceptors (Lipinski definition) is 28. The molecule has 34 nitrogen and oxygen atoms in total. The number of ether oxygens (including phenoxy) is 4. The van der Waals surface area contributed by atoms with Crippen LogP contribution in [0.1, 0.15) is 75.9 Å². The first-order valence-corrected chi connectivity index (χ1v) is 32.7. The largest absolute Gasteiger partial charge is 0.386 e. The summed E-state index contributed by atoms with van der Waals surface area (Å²) in [6.07, 6.45) is -1.87. The zero-order valence-electron chi connectivity index (χ0n) is 42.5. The number of nitrogens with one attached hydrogen (secondary N) is 2. The Hall–Kier alpha value is -5.27. The molecular weight excluding hydrogens is 1190 g/mol. The quantitative estimate of drug-likeness (QED) is 0.0387. The topological polar surface area (TPSA) is 460 Å². The van der Waals surface area contributed by atoms with Crippen LogP contribution in [0.4, 0.5) is 23.5 Å². The molecule has 0 spiro atoms. The Bertz CT molecular complexity index is 3870. The molecule has 4 fully saturated rings. The number of nitrogens with zero attached hydrogens (tertiary/aromatic N) is 12. The van der Waals surface area contributed by atoms with E-state index >= 15 is 0 Å². The van der Waals surface area contributed by atoms with Crippen LogP contribution in [0.25, 0.3) is 33.5 Å². The van der Waals surface area contributed by atoms with Gasteiger partial charge in [-0.1, -0.05) is 19.2 Å². The summed E-state index contributed by atoms with van der Waals surface area (Å²) in [6.45, 7) is -10.5. The number of aromatic nitrogens is 14. The third-order valence-corrected chi connectivity index (χ3v) is 18.6. The first-order valence-electron chi connectivity index (χ1n) is 24.8. The Morgan fingerprint density at radius 2 is 1.15 bits per heavy atom. The molecule has 0 radical (unpaired) electrons. The number of anilines is 4. The normalized spacial score (nSPS) is 28.3. The molecule has 11 heterocycles. The number of hydrogen-bond donors (Lipinski definition) is 9. The van der Waals surface area contributed by atoms with E-state index in [1.807, 2.05) is 6.92 Å². The van der Waals surface area contributed by atoms with Gasteiger partial charge in [-0.3, -0.25) is 46.9 Å². The average Bonchev–Trinajstić information content (AvgIpc) is 4.35. The van der Waals surface area contributed by atoms with E-state index in [4.69, 9.17) is 92.6 Å². The van der Waals surface area contributed by atoms with Gasteiger partial charge in [0.2, 0.25) is 11.9 Å². The summed E-state index contributed by atoms with van der Waals surface area (Å²) in [5, 5.41) is 0. The second-order valence-corrected chi connectivity index (χ2v) is 27.6. The lowest BCUT2D eigenvalue weighted by molar-refractivity contribution is -0.0504. The molecule has 7 aromatic rings. The van der Waals surface area contributed by atoms with E-state index in [9.17, 15) is 28.7 Å². The molecule has 4 aliphatic heterocycles. The molecule has 436 valence electrons. The number of nitrogens with two attached hydrogens (primary N) is 4. The van der Waals surface area contributed by atoms with Crippen molar-refractivity contribution in [3.05, 3.63) is 68.3 Å². The minimum absolute atomic E-state index is 0.0412. The van der Waals surface area contributed by atoms with Crippen molar-refractivity contribution in [2.45, 2.75) is 120 Å². The summed E-state index contributed by atoms with van der Waals surface area (Å²) in [5.41, 5.74) is 23.3. The van der Waals surface area contributed by atoms with Gasteiger partial charge in [0.05, 0.1) is 69.3 Å². The summed E-state index contributed by atoms with van der Waals surface area (Å²) in [4.78, 5) is 99.4. The van der Waals surface area contributed by atoms with Crippen molar-refractivity contribution in [3.63, 3.8) is 0 Å². The molecule has 0 aromatic carbocycles. The number of fused-ring (bicyclic) bond motifs is 3. The second kappa shape index (κ2) is 22.7. The van der Waals surface area contributed by atoms with E-state index in [0.717, 1.165) is 0 Å². The summed E-state index contributed by atoms with van der Waals surface area (Å²) >= 11 is 15.4. The molecule has 7 aromatic heterocycles. The molecule has 14 atom stereocenters. The van der Waals surface area contributed by atoms with E-state index in [0.29, 0.717) is 30.5 Å². The lowest BCUT2D eigenvalue weighted by atomic mass is 10.1. The first-order chi connectivity index (χ1) is 38.5. The van der Waals surface area contributed by atoms with E-state index in [1.54, 1.807) is 16.1 Å². The maximum absolute atomic E-state index is 14.1. The van der Waals surface area contributed by atoms with Gasteiger partial charge in [-0.2, -0.15) is 15.0 Å². The van der Waals surface area contributed by atoms with Gasteiger partial charge in [-0.25, -0.2) is 34.3 Å². The highest BCUT2D eigenvalue weighted by Crippen LogP contribution is 2.58. The first kappa shape index (κ1) is 57.5. The fourth-order valence-corrected chi connectivity index (χ4v) is 14.4. The van der Waals surface area contributed by atoms with Crippen LogP contribution in [0, 0.1) is 6.92 Å². The Kier molecular flexibility index (Phi) is 16.1. The number of aromatic amines is 2. The highest BCUT2D eigenvalue weighted by atomic mass is 32.7.